The number of hydrogen-bond donors (Lipinski definition) is 0. The van der Waals surface area contributed by atoms with Crippen LogP contribution in [0, 0.1) is 0 Å². The van der Waals surface area contributed by atoms with E-state index in [0.717, 1.165) is 33.4 Å². The Kier molecular flexibility index (Phi) is 18.8. The lowest BCUT2D eigenvalue weighted by Crippen LogP contribution is -2.41. The smallest absolute Gasteiger partial charge is 0.399 e. The Bertz CT molecular complexity index is 9240. The minimum atomic E-state index is -0.338. The predicted molar refractivity (Wildman–Crippen MR) is 596 cm³/mol. The molecular weight excluding hydrogens is 1980 g/mol. The van der Waals surface area contributed by atoms with Crippen LogP contribution in [0.4, 0.5) is 0 Å². The van der Waals surface area contributed by atoms with Gasteiger partial charge in [0.05, 0.1) is 11.2 Å². The Balaban J connectivity index is 0.000000180. The van der Waals surface area contributed by atoms with Crippen LogP contribution in [-0.2, 0) is 9.31 Å². The predicted octanol–water partition coefficient (Wildman–Crippen LogP) is 39.0. The van der Waals surface area contributed by atoms with E-state index in [-0.39, 0.29) is 25.7 Å². The van der Waals surface area contributed by atoms with Crippen LogP contribution >= 0.6 is 102 Å². The highest BCUT2D eigenvalue weighted by atomic mass is 79.9. The van der Waals surface area contributed by atoms with Crippen molar-refractivity contribution in [1.29, 1.82) is 0 Å². The second kappa shape index (κ2) is 30.6. The van der Waals surface area contributed by atoms with E-state index in [1.54, 1.807) is 11.3 Å². The molecule has 0 saturated carbocycles. The maximum atomic E-state index is 6.32. The van der Waals surface area contributed by atoms with Crippen molar-refractivity contribution in [2.24, 2.45) is 0 Å². The van der Waals surface area contributed by atoms with Crippen LogP contribution in [-0.4, -0.2) is 18.3 Å². The Labute approximate surface area is 817 Å². The van der Waals surface area contributed by atoms with E-state index < -0.39 is 0 Å². The lowest BCUT2D eigenvalue weighted by atomic mass is 9.71. The van der Waals surface area contributed by atoms with Gasteiger partial charge in [0.2, 0.25) is 0 Å². The summed E-state index contributed by atoms with van der Waals surface area (Å²) in [5, 5.41) is 50.1. The molecule has 1 fully saturated rings. The molecule has 0 spiro atoms. The third-order valence-corrected chi connectivity index (χ3v) is 37.2. The maximum Gasteiger partial charge on any atom is 0.495 e. The number of halogens is 5. The molecule has 28 aromatic rings. The molecule has 630 valence electrons. The van der Waals surface area contributed by atoms with Gasteiger partial charge in [-0.3, -0.25) is 0 Å². The van der Waals surface area contributed by atoms with Crippen molar-refractivity contribution in [3.05, 3.63) is 385 Å². The number of thiophene rings is 2. The molecule has 0 bridgehead atoms. The monoisotopic (exact) mass is 2050 g/mol. The Morgan fingerprint density at radius 2 is 0.391 bits per heavy atom. The molecule has 0 amide bonds. The molecule has 2 nitrogen and oxygen atoms in total. The van der Waals surface area contributed by atoms with Crippen LogP contribution in [0.15, 0.2) is 385 Å². The molecule has 1 aliphatic heterocycles. The van der Waals surface area contributed by atoms with Crippen LogP contribution in [0.3, 0.4) is 0 Å². The van der Waals surface area contributed by atoms with Crippen molar-refractivity contribution in [1.82, 2.24) is 0 Å². The largest absolute Gasteiger partial charge is 0.495 e. The van der Waals surface area contributed by atoms with E-state index in [2.05, 4.69) is 464 Å². The minimum Gasteiger partial charge on any atom is -0.399 e. The van der Waals surface area contributed by atoms with Gasteiger partial charge >= 0.3 is 7.12 Å². The van der Waals surface area contributed by atoms with Gasteiger partial charge in [0.25, 0.3) is 0 Å². The second-order valence-corrected chi connectivity index (χ2v) is 42.5. The molecule has 133 heavy (non-hydrogen) atoms. The Morgan fingerprint density at radius 3 is 0.639 bits per heavy atom. The standard InChI is InChI=1S/C90H48S.C22H21BO2.C10H3Br5S.CH4/c1-7-49-18-23-59-33-43-69(64-38-28-54(12-1)75(49)80(59)64)85-86(70-44-34-60-24-19-50-8-2-13-55-29-39-65(70)81(60)76(50)55)88(72-46-36-62-26-21-52-10-4-15-57-31-41-67(72)83(62)78(52)57)90(74-17-6-48-91-74)89(73-47-37-63-27-22-53-11-5-16-58-32-42-68(73)84(63)79(53)58)87(85)71-45-35-61-25-20-51-9-3-14-56-30-40-66(71)82(61)77(51)56;1-21(2)22(3,4)25-23(24-21)18-13-11-16-9-8-14-6-5-7-15-10-12-17(18)20(16)19(14)15;11-6-5(4-2-1-3-16-4)7(12)9(14)10(15)8(6)13;/h1-48H;5-13H,1-4H3;1-3H;1H4. The fourth-order valence-electron chi connectivity index (χ4n) is 22.7. The van der Waals surface area contributed by atoms with Crippen molar-refractivity contribution < 1.29 is 9.31 Å². The molecule has 0 N–H and O–H groups in total. The number of rotatable bonds is 8. The van der Waals surface area contributed by atoms with Crippen LogP contribution in [0.1, 0.15) is 35.1 Å². The summed E-state index contributed by atoms with van der Waals surface area (Å²) in [7, 11) is -0.338. The molecule has 0 atom stereocenters. The van der Waals surface area contributed by atoms with Crippen molar-refractivity contribution >= 4 is 309 Å². The van der Waals surface area contributed by atoms with Gasteiger partial charge in [-0.15, -0.1) is 22.7 Å². The van der Waals surface area contributed by atoms with Gasteiger partial charge in [0, 0.05) is 54.4 Å². The average Bonchev–Trinajstić information content (AvgIpc) is 0.974. The quantitative estimate of drug-likeness (QED) is 0.0653. The van der Waals surface area contributed by atoms with Gasteiger partial charge in [-0.1, -0.05) is 347 Å². The van der Waals surface area contributed by atoms with Gasteiger partial charge in [-0.2, -0.15) is 0 Å². The molecule has 2 aromatic heterocycles. The summed E-state index contributed by atoms with van der Waals surface area (Å²) in [5.41, 5.74) is 15.1. The summed E-state index contributed by atoms with van der Waals surface area (Å²) in [4.78, 5) is 2.44. The first-order valence-electron chi connectivity index (χ1n) is 44.8. The summed E-state index contributed by atoms with van der Waals surface area (Å²) < 4.78 is 17.7. The molecule has 0 aliphatic carbocycles. The minimum absolute atomic E-state index is 0. The average molecular weight is 2060 g/mol. The van der Waals surface area contributed by atoms with Crippen molar-refractivity contribution in [3.8, 4) is 76.5 Å². The SMILES string of the molecule is Brc1c(Br)c(Br)c(-c2cccs2)c(Br)c1Br.C.CC1(C)OB(c2ccc3ccc4cccc5ccc2c3c45)OC1(C)C.c1csc(-c2c(-c3ccc4ccc5cccc6ccc3c4c56)c(-c3ccc4ccc5cccc6ccc3c4c56)c(-c3ccc4ccc5cccc6ccc3c4c56)c(-c3ccc4ccc5cccc6ccc3c4c56)c2-c2ccc3ccc4cccc5ccc2c3c45)c1. The zero-order chi connectivity index (χ0) is 88.2. The van der Waals surface area contributed by atoms with Crippen molar-refractivity contribution in [3.63, 3.8) is 0 Å². The van der Waals surface area contributed by atoms with E-state index in [1.165, 1.54) is 265 Å². The molecule has 26 aromatic carbocycles. The van der Waals surface area contributed by atoms with E-state index in [1.807, 2.05) is 17.4 Å². The van der Waals surface area contributed by atoms with Crippen molar-refractivity contribution in [2.75, 3.05) is 0 Å². The highest BCUT2D eigenvalue weighted by Crippen LogP contribution is 2.63. The van der Waals surface area contributed by atoms with Crippen LogP contribution < -0.4 is 5.46 Å². The molecule has 1 saturated heterocycles. The van der Waals surface area contributed by atoms with Crippen LogP contribution in [0.2, 0.25) is 0 Å². The second-order valence-electron chi connectivity index (χ2n) is 36.6. The highest BCUT2D eigenvalue weighted by Gasteiger charge is 2.52. The summed E-state index contributed by atoms with van der Waals surface area (Å²) >= 11 is 21.4. The molecular formula is C123H76BBr5O2S2. The van der Waals surface area contributed by atoms with Crippen molar-refractivity contribution in [2.45, 2.75) is 46.3 Å². The fourth-order valence-corrected chi connectivity index (χ4v) is 28.0. The summed E-state index contributed by atoms with van der Waals surface area (Å²) in [6.45, 7) is 8.40. The fraction of sp³-hybridized carbons (Fsp3) is 0.0569. The van der Waals surface area contributed by atoms with Crippen LogP contribution in [0.5, 0.6) is 0 Å². The molecule has 1 aliphatic rings. The molecule has 0 radical (unpaired) electrons. The van der Waals surface area contributed by atoms with Gasteiger partial charge in [0.1, 0.15) is 0 Å². The first-order valence-corrected chi connectivity index (χ1v) is 50.5. The highest BCUT2D eigenvalue weighted by molar-refractivity contribution is 9.15. The van der Waals surface area contributed by atoms with E-state index in [9.17, 15) is 0 Å². The first-order chi connectivity index (χ1) is 64.6. The molecule has 10 heteroatoms. The number of hydrogen-bond acceptors (Lipinski definition) is 4. The maximum absolute atomic E-state index is 6.32. The zero-order valence-corrected chi connectivity index (χ0v) is 81.3. The summed E-state index contributed by atoms with van der Waals surface area (Å²) in [6, 6.07) is 135. The van der Waals surface area contributed by atoms with E-state index in [0.29, 0.717) is 0 Å². The molecule has 3 heterocycles. The first kappa shape index (κ1) is 81.5. The lowest BCUT2D eigenvalue weighted by Gasteiger charge is -2.32. The Morgan fingerprint density at radius 1 is 0.195 bits per heavy atom. The van der Waals surface area contributed by atoms with Gasteiger partial charge in [0.15, 0.2) is 0 Å². The Hall–Kier alpha value is -12.3. The number of benzene rings is 26. The molecule has 29 rings (SSSR count). The summed E-state index contributed by atoms with van der Waals surface area (Å²) in [5.74, 6) is 0. The van der Waals surface area contributed by atoms with E-state index in [4.69, 9.17) is 9.31 Å². The van der Waals surface area contributed by atoms with Gasteiger partial charge in [-0.25, -0.2) is 0 Å². The van der Waals surface area contributed by atoms with Crippen LogP contribution in [0.25, 0.3) is 270 Å². The topological polar surface area (TPSA) is 18.5 Å². The lowest BCUT2D eigenvalue weighted by molar-refractivity contribution is 0.00578. The van der Waals surface area contributed by atoms with E-state index >= 15 is 0 Å². The normalized spacial score (nSPS) is 13.6. The van der Waals surface area contributed by atoms with Gasteiger partial charge in [-0.05, 0) is 374 Å². The zero-order valence-electron chi connectivity index (χ0n) is 71.7. The van der Waals surface area contributed by atoms with Gasteiger partial charge < -0.3 is 9.31 Å². The third kappa shape index (κ3) is 12.1. The summed E-state index contributed by atoms with van der Waals surface area (Å²) in [6.07, 6.45) is 0. The third-order valence-electron chi connectivity index (χ3n) is 29.3. The molecule has 0 unspecified atom stereocenters.